The molecular weight excluding hydrogens is 590 g/mol. The summed E-state index contributed by atoms with van der Waals surface area (Å²) in [4.78, 5) is 17.3. The van der Waals surface area contributed by atoms with Crippen LogP contribution in [0, 0.1) is 6.92 Å². The summed E-state index contributed by atoms with van der Waals surface area (Å²) in [6.07, 6.45) is 5.14. The highest BCUT2D eigenvalue weighted by molar-refractivity contribution is 6.51. The van der Waals surface area contributed by atoms with Crippen LogP contribution in [0.1, 0.15) is 48.2 Å². The first-order chi connectivity index (χ1) is 23.0. The second-order valence-electron chi connectivity index (χ2n) is 11.5. The maximum Gasteiger partial charge on any atom is 0.203 e. The molecule has 0 saturated carbocycles. The van der Waals surface area contributed by atoms with Gasteiger partial charge in [0, 0.05) is 17.4 Å². The van der Waals surface area contributed by atoms with Crippen molar-refractivity contribution >= 4 is 34.6 Å². The van der Waals surface area contributed by atoms with Crippen LogP contribution >= 0.6 is 0 Å². The van der Waals surface area contributed by atoms with Gasteiger partial charge in [0.05, 0.1) is 44.4 Å². The van der Waals surface area contributed by atoms with Gasteiger partial charge in [-0.15, -0.1) is 0 Å². The van der Waals surface area contributed by atoms with Gasteiger partial charge in [-0.1, -0.05) is 43.7 Å². The lowest BCUT2D eigenvalue weighted by Crippen LogP contribution is -2.46. The summed E-state index contributed by atoms with van der Waals surface area (Å²) in [5.41, 5.74) is 6.65. The van der Waals surface area contributed by atoms with Gasteiger partial charge in [-0.25, -0.2) is 15.0 Å². The summed E-state index contributed by atoms with van der Waals surface area (Å²) in [6.45, 7) is 4.22. The fraction of sp³-hybridized carbons (Fsp3) is 0.243. The molecule has 0 unspecified atom stereocenters. The zero-order valence-corrected chi connectivity index (χ0v) is 27.2. The smallest absolute Gasteiger partial charge is 0.203 e. The number of hydrogen-bond donors (Lipinski definition) is 1. The van der Waals surface area contributed by atoms with Crippen LogP contribution in [0.2, 0.25) is 0 Å². The molecule has 10 nitrogen and oxygen atoms in total. The van der Waals surface area contributed by atoms with Crippen LogP contribution in [-0.2, 0) is 6.42 Å². The number of methoxy groups -OCH3 is 3. The number of para-hydroxylation sites is 2. The Morgan fingerprint density at radius 3 is 2.28 bits per heavy atom. The molecule has 0 aliphatic carbocycles. The first kappa shape index (κ1) is 30.0. The van der Waals surface area contributed by atoms with Gasteiger partial charge < -0.3 is 24.4 Å². The standard InChI is InChI=1S/C37H37N7O3/c1-6-7-12-24-16-18-26(19-17-24)39-35-37-41-36-32(23(2)42-44(36)31-15-10-11-20-38-31)33(43(37)28-14-9-8-13-27(28)40-35)25-21-29(45-3)34(47-5)30(22-25)46-4/h8-11,13-22,33H,6-7,12H2,1-5H3,(H,39,40)/t33-/m1/s1. The molecule has 7 rings (SSSR count). The van der Waals surface area contributed by atoms with E-state index in [0.29, 0.717) is 40.6 Å². The van der Waals surface area contributed by atoms with Gasteiger partial charge in [0.25, 0.3) is 0 Å². The molecule has 0 spiro atoms. The van der Waals surface area contributed by atoms with Crippen molar-refractivity contribution in [3.05, 3.63) is 107 Å². The molecule has 2 aliphatic heterocycles. The van der Waals surface area contributed by atoms with Crippen LogP contribution in [0.4, 0.5) is 22.9 Å². The average molecular weight is 628 g/mol. The summed E-state index contributed by atoms with van der Waals surface area (Å²) >= 11 is 0. The van der Waals surface area contributed by atoms with E-state index in [1.807, 2.05) is 55.5 Å². The normalized spacial score (nSPS) is 14.7. The molecule has 47 heavy (non-hydrogen) atoms. The SMILES string of the molecule is CCCCc1ccc(NC2=Nc3ccccc3N3C2=Nc2c(c(C)nn2-c2ccccn2)[C@H]3c2cc(OC)c(OC)c(OC)c2)cc1. The van der Waals surface area contributed by atoms with Crippen molar-refractivity contribution in [1.82, 2.24) is 14.8 Å². The second kappa shape index (κ2) is 12.6. The largest absolute Gasteiger partial charge is 0.493 e. The quantitative estimate of drug-likeness (QED) is 0.179. The highest BCUT2D eigenvalue weighted by atomic mass is 16.5. The van der Waals surface area contributed by atoms with Gasteiger partial charge in [0.1, 0.15) is 0 Å². The third-order valence-corrected chi connectivity index (χ3v) is 8.54. The van der Waals surface area contributed by atoms with E-state index in [1.54, 1.807) is 32.2 Å². The molecule has 1 atom stereocenters. The summed E-state index contributed by atoms with van der Waals surface area (Å²) in [7, 11) is 4.86. The highest BCUT2D eigenvalue weighted by Gasteiger charge is 2.42. The average Bonchev–Trinajstić information content (AvgIpc) is 3.45. The van der Waals surface area contributed by atoms with E-state index in [-0.39, 0.29) is 6.04 Å². The lowest BCUT2D eigenvalue weighted by molar-refractivity contribution is 0.323. The predicted octanol–water partition coefficient (Wildman–Crippen LogP) is 7.74. The number of ether oxygens (including phenoxy) is 3. The van der Waals surface area contributed by atoms with E-state index in [9.17, 15) is 0 Å². The number of rotatable bonds is 9. The van der Waals surface area contributed by atoms with E-state index in [1.165, 1.54) is 5.56 Å². The number of hydrogen-bond acceptors (Lipinski definition) is 9. The van der Waals surface area contributed by atoms with Crippen LogP contribution in [0.25, 0.3) is 5.82 Å². The Morgan fingerprint density at radius 2 is 1.60 bits per heavy atom. The molecule has 5 aromatic rings. The summed E-state index contributed by atoms with van der Waals surface area (Å²) in [5.74, 6) is 4.26. The fourth-order valence-corrected chi connectivity index (χ4v) is 6.28. The summed E-state index contributed by atoms with van der Waals surface area (Å²) in [5, 5.41) is 8.59. The van der Waals surface area contributed by atoms with Gasteiger partial charge in [0.15, 0.2) is 34.8 Å². The van der Waals surface area contributed by atoms with E-state index >= 15 is 0 Å². The van der Waals surface area contributed by atoms with Crippen molar-refractivity contribution in [2.45, 2.75) is 39.2 Å². The number of benzene rings is 3. The van der Waals surface area contributed by atoms with Crippen molar-refractivity contribution in [2.75, 3.05) is 31.5 Å². The lowest BCUT2D eigenvalue weighted by Gasteiger charge is -2.40. The minimum Gasteiger partial charge on any atom is -0.493 e. The van der Waals surface area contributed by atoms with Crippen molar-refractivity contribution < 1.29 is 14.2 Å². The zero-order chi connectivity index (χ0) is 32.5. The van der Waals surface area contributed by atoms with Gasteiger partial charge in [-0.2, -0.15) is 9.78 Å². The Bertz CT molecular complexity index is 1960. The van der Waals surface area contributed by atoms with Crippen LogP contribution in [0.3, 0.4) is 0 Å². The number of aromatic nitrogens is 3. The Kier molecular flexibility index (Phi) is 8.07. The van der Waals surface area contributed by atoms with E-state index in [2.05, 4.69) is 52.5 Å². The van der Waals surface area contributed by atoms with Gasteiger partial charge in [-0.3, -0.25) is 0 Å². The van der Waals surface area contributed by atoms with Crippen LogP contribution in [-0.4, -0.2) is 47.8 Å². The van der Waals surface area contributed by atoms with Gasteiger partial charge >= 0.3 is 0 Å². The van der Waals surface area contributed by atoms with E-state index in [4.69, 9.17) is 29.3 Å². The van der Waals surface area contributed by atoms with Crippen molar-refractivity contribution in [3.63, 3.8) is 0 Å². The van der Waals surface area contributed by atoms with Crippen LogP contribution < -0.4 is 24.4 Å². The van der Waals surface area contributed by atoms with Gasteiger partial charge in [0.2, 0.25) is 5.75 Å². The monoisotopic (exact) mass is 627 g/mol. The maximum absolute atomic E-state index is 5.82. The minimum atomic E-state index is -0.381. The Balaban J connectivity index is 1.45. The number of nitrogens with zero attached hydrogens (tertiary/aromatic N) is 6. The Morgan fingerprint density at radius 1 is 0.851 bits per heavy atom. The summed E-state index contributed by atoms with van der Waals surface area (Å²) in [6, 6.07) is 26.0. The van der Waals surface area contributed by atoms with E-state index in [0.717, 1.165) is 53.1 Å². The second-order valence-corrected chi connectivity index (χ2v) is 11.5. The minimum absolute atomic E-state index is 0.381. The third-order valence-electron chi connectivity index (χ3n) is 8.54. The number of aliphatic imine (C=N–C) groups is 2. The molecule has 3 aromatic carbocycles. The number of nitrogens with one attached hydrogen (secondary N) is 1. The summed E-state index contributed by atoms with van der Waals surface area (Å²) < 4.78 is 19.1. The first-order valence-corrected chi connectivity index (χ1v) is 15.8. The molecule has 2 aromatic heterocycles. The zero-order valence-electron chi connectivity index (χ0n) is 27.2. The Hall–Kier alpha value is -5.64. The topological polar surface area (TPSA) is 98.4 Å². The predicted molar refractivity (Wildman–Crippen MR) is 186 cm³/mol. The van der Waals surface area contributed by atoms with Crippen molar-refractivity contribution in [1.29, 1.82) is 0 Å². The molecule has 0 saturated heterocycles. The molecule has 0 amide bonds. The third kappa shape index (κ3) is 5.35. The molecular formula is C37H37N7O3. The van der Waals surface area contributed by atoms with E-state index < -0.39 is 0 Å². The molecule has 1 N–H and O–H groups in total. The number of aryl methyl sites for hydroxylation is 2. The molecule has 0 fully saturated rings. The van der Waals surface area contributed by atoms with Crippen LogP contribution in [0.15, 0.2) is 95.0 Å². The highest BCUT2D eigenvalue weighted by Crippen LogP contribution is 2.50. The molecule has 0 bridgehead atoms. The molecule has 0 radical (unpaired) electrons. The van der Waals surface area contributed by atoms with Gasteiger partial charge in [-0.05, 0) is 79.4 Å². The molecule has 2 aliphatic rings. The van der Waals surface area contributed by atoms with Crippen molar-refractivity contribution in [2.24, 2.45) is 9.98 Å². The maximum atomic E-state index is 5.82. The molecule has 4 heterocycles. The number of amidine groups is 2. The number of fused-ring (bicyclic) bond motifs is 4. The molecule has 238 valence electrons. The number of unbranched alkanes of at least 4 members (excludes halogenated alkanes) is 1. The first-order valence-electron chi connectivity index (χ1n) is 15.8. The molecule has 10 heteroatoms. The number of pyridine rings is 1. The number of anilines is 2. The Labute approximate surface area is 274 Å². The fourth-order valence-electron chi connectivity index (χ4n) is 6.28. The van der Waals surface area contributed by atoms with Crippen molar-refractivity contribution in [3.8, 4) is 23.1 Å². The van der Waals surface area contributed by atoms with Crippen LogP contribution in [0.5, 0.6) is 17.2 Å². The lowest BCUT2D eigenvalue weighted by atomic mass is 9.92.